The Labute approximate surface area is 230 Å². The minimum absolute atomic E-state index is 0.102. The second-order valence-electron chi connectivity index (χ2n) is 9.27. The molecule has 202 valence electrons. The van der Waals surface area contributed by atoms with Gasteiger partial charge in [-0.15, -0.1) is 0 Å². The smallest absolute Gasteiger partial charge is 0.340 e. The van der Waals surface area contributed by atoms with E-state index in [1.54, 1.807) is 11.9 Å². The summed E-state index contributed by atoms with van der Waals surface area (Å²) in [4.78, 5) is 14.6. The molecule has 0 bridgehead atoms. The van der Waals surface area contributed by atoms with Crippen LogP contribution in [0.25, 0.3) is 0 Å². The number of hydrogen-bond acceptors (Lipinski definition) is 5. The van der Waals surface area contributed by atoms with Crippen molar-refractivity contribution < 1.29 is 23.1 Å². The second-order valence-corrected chi connectivity index (χ2v) is 11.3. The van der Waals surface area contributed by atoms with Gasteiger partial charge in [0, 0.05) is 13.6 Å². The zero-order chi connectivity index (χ0) is 27.3. The summed E-state index contributed by atoms with van der Waals surface area (Å²) < 4.78 is 31.1. The molecular formula is C32H34NO5P. The van der Waals surface area contributed by atoms with Crippen LogP contribution in [0.3, 0.4) is 0 Å². The number of amides is 1. The first-order valence-electron chi connectivity index (χ1n) is 13.0. The van der Waals surface area contributed by atoms with Crippen LogP contribution < -0.4 is 4.74 Å². The van der Waals surface area contributed by atoms with Crippen molar-refractivity contribution in [2.75, 3.05) is 19.8 Å². The van der Waals surface area contributed by atoms with Gasteiger partial charge in [-0.05, 0) is 53.8 Å². The first kappa shape index (κ1) is 28.3. The Balaban J connectivity index is 1.30. The highest BCUT2D eigenvalue weighted by atomic mass is 31.2. The molecule has 6 nitrogen and oxygen atoms in total. The molecule has 0 aliphatic carbocycles. The molecule has 0 unspecified atom stereocenters. The quantitative estimate of drug-likeness (QED) is 0.154. The number of nitrogens with zero attached hydrogens (tertiary/aromatic N) is 1. The molecule has 0 N–H and O–H groups in total. The van der Waals surface area contributed by atoms with Gasteiger partial charge in [0.25, 0.3) is 0 Å². The fourth-order valence-corrected chi connectivity index (χ4v) is 5.46. The molecule has 0 aliphatic rings. The summed E-state index contributed by atoms with van der Waals surface area (Å²) in [6.45, 7) is 0.719. The van der Waals surface area contributed by atoms with Gasteiger partial charge in [-0.2, -0.15) is 0 Å². The molecule has 0 aliphatic heterocycles. The predicted molar refractivity (Wildman–Crippen MR) is 154 cm³/mol. The van der Waals surface area contributed by atoms with E-state index in [0.29, 0.717) is 6.54 Å². The molecule has 4 aromatic rings. The summed E-state index contributed by atoms with van der Waals surface area (Å²) in [6, 6.07) is 36.5. The van der Waals surface area contributed by atoms with Crippen LogP contribution >= 0.6 is 7.60 Å². The molecule has 1 amide bonds. The molecule has 0 aromatic heterocycles. The number of rotatable bonds is 14. The van der Waals surface area contributed by atoms with Gasteiger partial charge in [0.05, 0.1) is 13.2 Å². The lowest BCUT2D eigenvalue weighted by Crippen LogP contribution is -2.31. The second kappa shape index (κ2) is 14.5. The topological polar surface area (TPSA) is 65.1 Å². The van der Waals surface area contributed by atoms with Crippen molar-refractivity contribution in [3.63, 3.8) is 0 Å². The van der Waals surface area contributed by atoms with Crippen LogP contribution in [0.2, 0.25) is 0 Å². The fourth-order valence-electron chi connectivity index (χ4n) is 3.94. The molecule has 0 saturated heterocycles. The maximum atomic E-state index is 13.7. The van der Waals surface area contributed by atoms with Gasteiger partial charge < -0.3 is 18.7 Å². The van der Waals surface area contributed by atoms with E-state index < -0.39 is 7.60 Å². The lowest BCUT2D eigenvalue weighted by atomic mass is 10.1. The number of ether oxygens (including phenoxy) is 1. The molecule has 0 saturated carbocycles. The minimum Gasteiger partial charge on any atom is -0.457 e. The molecule has 7 heteroatoms. The summed E-state index contributed by atoms with van der Waals surface area (Å²) in [7, 11) is -1.98. The Morgan fingerprint density at radius 3 is 1.79 bits per heavy atom. The van der Waals surface area contributed by atoms with E-state index in [-0.39, 0.29) is 25.3 Å². The molecule has 4 rings (SSSR count). The van der Waals surface area contributed by atoms with Crippen molar-refractivity contribution in [2.24, 2.45) is 0 Å². The fraction of sp³-hybridized carbons (Fsp3) is 0.219. The van der Waals surface area contributed by atoms with E-state index >= 15 is 0 Å². The number of hydrogen-bond donors (Lipinski definition) is 0. The van der Waals surface area contributed by atoms with Crippen LogP contribution in [0.15, 0.2) is 115 Å². The number of aryl methyl sites for hydroxylation is 1. The average Bonchev–Trinajstić information content (AvgIpc) is 2.97. The lowest BCUT2D eigenvalue weighted by molar-refractivity contribution is -0.127. The zero-order valence-electron chi connectivity index (χ0n) is 22.1. The first-order chi connectivity index (χ1) is 19.0. The summed E-state index contributed by atoms with van der Waals surface area (Å²) >= 11 is 0. The van der Waals surface area contributed by atoms with Gasteiger partial charge >= 0.3 is 7.60 Å². The van der Waals surface area contributed by atoms with Crippen LogP contribution in [-0.2, 0) is 38.0 Å². The third-order valence-electron chi connectivity index (χ3n) is 6.13. The van der Waals surface area contributed by atoms with E-state index in [1.165, 1.54) is 0 Å². The third kappa shape index (κ3) is 9.52. The van der Waals surface area contributed by atoms with Crippen molar-refractivity contribution >= 4 is 13.5 Å². The molecule has 39 heavy (non-hydrogen) atoms. The monoisotopic (exact) mass is 543 g/mol. The van der Waals surface area contributed by atoms with Gasteiger partial charge in [-0.25, -0.2) is 0 Å². The molecule has 0 atom stereocenters. The number of carbonyl (C=O) groups excluding carboxylic acids is 1. The SMILES string of the molecule is CN(CCCc1cccc(Oc2ccccc2)c1)C(=O)CP(=O)(OCc1ccccc1)OCc1ccccc1. The number of carbonyl (C=O) groups is 1. The maximum Gasteiger partial charge on any atom is 0.340 e. The highest BCUT2D eigenvalue weighted by Crippen LogP contribution is 2.49. The standard InChI is InChI=1S/C32H34NO5P/c1-33(22-12-18-27-17-11-21-31(23-27)38-30-19-9-4-10-20-30)32(34)26-39(35,36-24-28-13-5-2-6-14-28)37-25-29-15-7-3-8-16-29/h2-11,13-17,19-21,23H,12,18,22,24-26H2,1H3. The summed E-state index contributed by atoms with van der Waals surface area (Å²) in [5, 5.41) is 0. The maximum absolute atomic E-state index is 13.7. The van der Waals surface area contributed by atoms with Crippen molar-refractivity contribution in [1.82, 2.24) is 4.90 Å². The predicted octanol–water partition coefficient (Wildman–Crippen LogP) is 7.50. The van der Waals surface area contributed by atoms with Crippen molar-refractivity contribution in [2.45, 2.75) is 26.1 Å². The highest BCUT2D eigenvalue weighted by molar-refractivity contribution is 7.54. The van der Waals surface area contributed by atoms with E-state index in [0.717, 1.165) is 41.0 Å². The Morgan fingerprint density at radius 2 is 1.21 bits per heavy atom. The molecule has 0 spiro atoms. The molecule has 0 heterocycles. The minimum atomic E-state index is -3.70. The van der Waals surface area contributed by atoms with E-state index in [9.17, 15) is 9.36 Å². The Hall–Kier alpha value is -3.70. The normalized spacial score (nSPS) is 11.2. The molecular weight excluding hydrogens is 509 g/mol. The van der Waals surface area contributed by atoms with Gasteiger partial charge in [0.15, 0.2) is 0 Å². The van der Waals surface area contributed by atoms with E-state index in [4.69, 9.17) is 13.8 Å². The van der Waals surface area contributed by atoms with Crippen LogP contribution in [0.5, 0.6) is 11.5 Å². The van der Waals surface area contributed by atoms with Crippen LogP contribution in [0.1, 0.15) is 23.1 Å². The number of para-hydroxylation sites is 1. The number of benzene rings is 4. The lowest BCUT2D eigenvalue weighted by Gasteiger charge is -2.22. The average molecular weight is 544 g/mol. The van der Waals surface area contributed by atoms with Gasteiger partial charge in [-0.1, -0.05) is 91.0 Å². The van der Waals surface area contributed by atoms with Crippen LogP contribution in [0.4, 0.5) is 0 Å². The van der Waals surface area contributed by atoms with Crippen molar-refractivity contribution in [3.05, 3.63) is 132 Å². The van der Waals surface area contributed by atoms with Crippen LogP contribution in [0, 0.1) is 0 Å². The van der Waals surface area contributed by atoms with Gasteiger partial charge in [-0.3, -0.25) is 9.36 Å². The Bertz CT molecular complexity index is 1300. The summed E-state index contributed by atoms with van der Waals surface area (Å²) in [6.07, 6.45) is 1.21. The van der Waals surface area contributed by atoms with Crippen molar-refractivity contribution in [1.29, 1.82) is 0 Å². The summed E-state index contributed by atoms with van der Waals surface area (Å²) in [5.41, 5.74) is 2.84. The van der Waals surface area contributed by atoms with Crippen LogP contribution in [-0.4, -0.2) is 30.6 Å². The van der Waals surface area contributed by atoms with Gasteiger partial charge in [0.1, 0.15) is 17.7 Å². The molecule has 0 fully saturated rings. The Morgan fingerprint density at radius 1 is 0.692 bits per heavy atom. The first-order valence-corrected chi connectivity index (χ1v) is 14.7. The van der Waals surface area contributed by atoms with Gasteiger partial charge in [0.2, 0.25) is 5.91 Å². The Kier molecular flexibility index (Phi) is 10.5. The van der Waals surface area contributed by atoms with E-state index in [1.807, 2.05) is 115 Å². The summed E-state index contributed by atoms with van der Waals surface area (Å²) in [5.74, 6) is 1.28. The molecule has 4 aromatic carbocycles. The van der Waals surface area contributed by atoms with E-state index in [2.05, 4.69) is 0 Å². The zero-order valence-corrected chi connectivity index (χ0v) is 23.0. The highest BCUT2D eigenvalue weighted by Gasteiger charge is 2.30. The largest absolute Gasteiger partial charge is 0.457 e. The van der Waals surface area contributed by atoms with Crippen molar-refractivity contribution in [3.8, 4) is 11.5 Å². The third-order valence-corrected chi connectivity index (χ3v) is 7.84. The molecule has 0 radical (unpaired) electrons.